The highest BCUT2D eigenvalue weighted by atomic mass is 16.5. The van der Waals surface area contributed by atoms with Crippen molar-refractivity contribution in [3.63, 3.8) is 0 Å². The molecule has 2 heterocycles. The van der Waals surface area contributed by atoms with Gasteiger partial charge in [-0.25, -0.2) is 0 Å². The lowest BCUT2D eigenvalue weighted by Crippen LogP contribution is -2.23. The van der Waals surface area contributed by atoms with Gasteiger partial charge in [0.05, 0.1) is 12.2 Å². The number of nitrogens with zero attached hydrogens (tertiary/aromatic N) is 4. The lowest BCUT2D eigenvalue weighted by molar-refractivity contribution is -0.121. The Morgan fingerprint density at radius 2 is 2.27 bits per heavy atom. The van der Waals surface area contributed by atoms with E-state index in [9.17, 15) is 4.79 Å². The van der Waals surface area contributed by atoms with Gasteiger partial charge < -0.3 is 9.84 Å². The molecule has 1 N–H and O–H groups in total. The Morgan fingerprint density at radius 3 is 2.95 bits per heavy atom. The smallest absolute Gasteiger partial charge is 0.246 e. The molecule has 7 nitrogen and oxygen atoms in total. The van der Waals surface area contributed by atoms with Crippen LogP contribution in [0.2, 0.25) is 0 Å². The molecule has 1 saturated carbocycles. The second kappa shape index (κ2) is 6.29. The Bertz CT molecular complexity index is 657. The molecule has 2 aromatic heterocycles. The molecule has 0 spiro atoms. The summed E-state index contributed by atoms with van der Waals surface area (Å²) in [7, 11) is 0. The van der Waals surface area contributed by atoms with Crippen molar-refractivity contribution in [1.82, 2.24) is 25.2 Å². The Balaban J connectivity index is 1.37. The van der Waals surface area contributed by atoms with Gasteiger partial charge in [-0.1, -0.05) is 5.16 Å². The molecule has 22 heavy (non-hydrogen) atoms. The van der Waals surface area contributed by atoms with Gasteiger partial charge in [-0.15, -0.1) is 0 Å². The molecule has 1 amide bonds. The minimum atomic E-state index is -0.00676. The molecule has 1 fully saturated rings. The molecule has 0 aromatic carbocycles. The van der Waals surface area contributed by atoms with E-state index in [0.717, 1.165) is 43.0 Å². The third-order valence-corrected chi connectivity index (χ3v) is 3.74. The number of nitrogens with one attached hydrogen (secondary N) is 1. The maximum absolute atomic E-state index is 11.8. The van der Waals surface area contributed by atoms with Crippen LogP contribution in [0.15, 0.2) is 10.6 Å². The fourth-order valence-corrected chi connectivity index (χ4v) is 2.40. The predicted molar refractivity (Wildman–Crippen MR) is 79.1 cm³/mol. The topological polar surface area (TPSA) is 85.8 Å². The van der Waals surface area contributed by atoms with Crippen LogP contribution in [-0.2, 0) is 17.9 Å². The maximum atomic E-state index is 11.8. The van der Waals surface area contributed by atoms with Gasteiger partial charge in [0.15, 0.2) is 5.82 Å². The van der Waals surface area contributed by atoms with E-state index in [-0.39, 0.29) is 5.91 Å². The van der Waals surface area contributed by atoms with Crippen LogP contribution < -0.4 is 5.32 Å². The molecule has 2 aromatic rings. The maximum Gasteiger partial charge on any atom is 0.246 e. The Morgan fingerprint density at radius 1 is 1.45 bits per heavy atom. The third-order valence-electron chi connectivity index (χ3n) is 3.74. The fraction of sp³-hybridized carbons (Fsp3) is 0.600. The van der Waals surface area contributed by atoms with Gasteiger partial charge in [-0.05, 0) is 39.2 Å². The molecule has 0 saturated heterocycles. The quantitative estimate of drug-likeness (QED) is 0.843. The lowest BCUT2D eigenvalue weighted by Gasteiger charge is -2.04. The Labute approximate surface area is 129 Å². The van der Waals surface area contributed by atoms with Crippen molar-refractivity contribution in [2.75, 3.05) is 0 Å². The number of hydrogen-bond acceptors (Lipinski definition) is 5. The number of aromatic nitrogens is 4. The first-order valence-electron chi connectivity index (χ1n) is 7.72. The van der Waals surface area contributed by atoms with Crippen LogP contribution in [0, 0.1) is 13.8 Å². The lowest BCUT2D eigenvalue weighted by atomic mass is 10.3. The molecule has 7 heteroatoms. The summed E-state index contributed by atoms with van der Waals surface area (Å²) in [6.07, 6.45) is 3.49. The highest BCUT2D eigenvalue weighted by molar-refractivity contribution is 5.75. The highest BCUT2D eigenvalue weighted by Gasteiger charge is 2.28. The largest absolute Gasteiger partial charge is 0.347 e. The van der Waals surface area contributed by atoms with E-state index in [1.807, 2.05) is 24.6 Å². The molecule has 0 unspecified atom stereocenters. The zero-order valence-electron chi connectivity index (χ0n) is 13.0. The molecule has 3 rings (SSSR count). The monoisotopic (exact) mass is 303 g/mol. The number of aryl methyl sites for hydroxylation is 3. The summed E-state index contributed by atoms with van der Waals surface area (Å²) in [5.41, 5.74) is 2.13. The van der Waals surface area contributed by atoms with Gasteiger partial charge in [-0.3, -0.25) is 9.48 Å². The molecule has 0 atom stereocenters. The minimum Gasteiger partial charge on any atom is -0.347 e. The van der Waals surface area contributed by atoms with Crippen molar-refractivity contribution in [2.24, 2.45) is 0 Å². The van der Waals surface area contributed by atoms with Gasteiger partial charge in [0.1, 0.15) is 0 Å². The number of hydrogen-bond donors (Lipinski definition) is 1. The first-order chi connectivity index (χ1) is 10.6. The van der Waals surface area contributed by atoms with E-state index < -0.39 is 0 Å². The first kappa shape index (κ1) is 14.7. The number of rotatable bonds is 7. The number of carbonyl (C=O) groups excluding carboxylic acids is 1. The molecule has 1 aliphatic rings. The molecule has 0 bridgehead atoms. The predicted octanol–water partition coefficient (Wildman–Crippen LogP) is 1.86. The molecular formula is C15H21N5O2. The van der Waals surface area contributed by atoms with Gasteiger partial charge >= 0.3 is 0 Å². The average Bonchev–Trinajstić information content (AvgIpc) is 3.14. The van der Waals surface area contributed by atoms with Crippen molar-refractivity contribution in [3.8, 4) is 0 Å². The highest BCUT2D eigenvalue weighted by Crippen LogP contribution is 2.37. The summed E-state index contributed by atoms with van der Waals surface area (Å²) in [6.45, 7) is 5.04. The van der Waals surface area contributed by atoms with E-state index in [0.29, 0.717) is 24.8 Å². The fourth-order valence-electron chi connectivity index (χ4n) is 2.40. The van der Waals surface area contributed by atoms with E-state index in [1.54, 1.807) is 0 Å². The first-order valence-corrected chi connectivity index (χ1v) is 7.72. The average molecular weight is 303 g/mol. The van der Waals surface area contributed by atoms with Crippen molar-refractivity contribution in [2.45, 2.75) is 58.5 Å². The van der Waals surface area contributed by atoms with Gasteiger partial charge in [0.25, 0.3) is 0 Å². The Kier molecular flexibility index (Phi) is 4.22. The number of amides is 1. The summed E-state index contributed by atoms with van der Waals surface area (Å²) < 4.78 is 7.05. The molecule has 1 aliphatic carbocycles. The van der Waals surface area contributed by atoms with Crippen molar-refractivity contribution in [3.05, 3.63) is 29.2 Å². The zero-order valence-corrected chi connectivity index (χ0v) is 13.0. The summed E-state index contributed by atoms with van der Waals surface area (Å²) in [5.74, 6) is 1.71. The number of carbonyl (C=O) groups is 1. The van der Waals surface area contributed by atoms with E-state index in [1.165, 1.54) is 0 Å². The van der Waals surface area contributed by atoms with Crippen LogP contribution >= 0.6 is 0 Å². The van der Waals surface area contributed by atoms with Crippen molar-refractivity contribution in [1.29, 1.82) is 0 Å². The summed E-state index contributed by atoms with van der Waals surface area (Å²) in [6, 6.07) is 2.03. The summed E-state index contributed by atoms with van der Waals surface area (Å²) in [5, 5.41) is 11.1. The van der Waals surface area contributed by atoms with E-state index >= 15 is 0 Å². The second-order valence-electron chi connectivity index (χ2n) is 5.85. The van der Waals surface area contributed by atoms with Crippen LogP contribution in [-0.4, -0.2) is 25.8 Å². The van der Waals surface area contributed by atoms with Gasteiger partial charge in [0.2, 0.25) is 11.8 Å². The van der Waals surface area contributed by atoms with Crippen LogP contribution in [0.25, 0.3) is 0 Å². The zero-order chi connectivity index (χ0) is 15.5. The van der Waals surface area contributed by atoms with Gasteiger partial charge in [-0.2, -0.15) is 10.1 Å². The standard InChI is InChI=1S/C15H21N5O2/c1-10-8-11(2)20(18-10)7-3-4-13(21)16-9-14-17-15(19-22-14)12-5-6-12/h8,12H,3-7,9H2,1-2H3,(H,16,21). The van der Waals surface area contributed by atoms with Crippen LogP contribution in [0.5, 0.6) is 0 Å². The van der Waals surface area contributed by atoms with E-state index in [4.69, 9.17) is 4.52 Å². The van der Waals surface area contributed by atoms with Crippen LogP contribution in [0.4, 0.5) is 0 Å². The van der Waals surface area contributed by atoms with Crippen molar-refractivity contribution >= 4 is 5.91 Å². The molecule has 0 radical (unpaired) electrons. The van der Waals surface area contributed by atoms with Crippen molar-refractivity contribution < 1.29 is 9.32 Å². The SMILES string of the molecule is Cc1cc(C)n(CCCC(=O)NCc2nc(C3CC3)no2)n1. The second-order valence-corrected chi connectivity index (χ2v) is 5.85. The normalized spacial score (nSPS) is 14.3. The van der Waals surface area contributed by atoms with Crippen LogP contribution in [0.3, 0.4) is 0 Å². The molecule has 118 valence electrons. The van der Waals surface area contributed by atoms with Gasteiger partial charge in [0, 0.05) is 24.6 Å². The third kappa shape index (κ3) is 3.72. The van der Waals surface area contributed by atoms with Crippen LogP contribution in [0.1, 0.15) is 54.7 Å². The minimum absolute atomic E-state index is 0.00676. The Hall–Kier alpha value is -2.18. The summed E-state index contributed by atoms with van der Waals surface area (Å²) in [4.78, 5) is 16.1. The molecular weight excluding hydrogens is 282 g/mol. The molecule has 0 aliphatic heterocycles. The summed E-state index contributed by atoms with van der Waals surface area (Å²) >= 11 is 0. The van der Waals surface area contributed by atoms with E-state index in [2.05, 4.69) is 20.6 Å².